The first-order chi connectivity index (χ1) is 12.7. The molecule has 0 bridgehead atoms. The molecule has 0 aromatic rings. The molecule has 0 aromatic heterocycles. The van der Waals surface area contributed by atoms with Crippen LogP contribution in [0, 0.1) is 17.3 Å². The minimum absolute atomic E-state index is 0.0590. The monoisotopic (exact) mass is 383 g/mol. The van der Waals surface area contributed by atoms with Crippen molar-refractivity contribution < 1.29 is 19.5 Å². The Hall–Kier alpha value is -1.31. The van der Waals surface area contributed by atoms with Gasteiger partial charge in [-0.15, -0.1) is 0 Å². The molecule has 1 unspecified atom stereocenters. The lowest BCUT2D eigenvalue weighted by molar-refractivity contribution is -0.139. The summed E-state index contributed by atoms with van der Waals surface area (Å²) in [6.07, 6.45) is 3.73. The zero-order valence-electron chi connectivity index (χ0n) is 17.0. The Bertz CT molecular complexity index is 513. The average molecular weight is 384 g/mol. The van der Waals surface area contributed by atoms with E-state index in [0.29, 0.717) is 6.42 Å². The van der Waals surface area contributed by atoms with Gasteiger partial charge in [0.2, 0.25) is 5.91 Å². The van der Waals surface area contributed by atoms with Crippen LogP contribution in [0.2, 0.25) is 0 Å². The number of carbonyl (C=O) groups is 3. The van der Waals surface area contributed by atoms with Gasteiger partial charge in [-0.25, -0.2) is 0 Å². The Morgan fingerprint density at radius 2 is 1.67 bits per heavy atom. The van der Waals surface area contributed by atoms with E-state index in [-0.39, 0.29) is 37.0 Å². The maximum absolute atomic E-state index is 13.0. The number of Topliss-reactive ketones (excluding diaryl/α,β-unsaturated/α-hetero) is 2. The molecule has 1 rings (SSSR count). The lowest BCUT2D eigenvalue weighted by atomic mass is 9.69. The van der Waals surface area contributed by atoms with Crippen molar-refractivity contribution in [1.82, 2.24) is 5.32 Å². The van der Waals surface area contributed by atoms with Crippen molar-refractivity contribution >= 4 is 17.5 Å². The van der Waals surface area contributed by atoms with Gasteiger partial charge in [-0.05, 0) is 32.7 Å². The molecule has 0 heterocycles. The molecule has 6 N–H and O–H groups in total. The summed E-state index contributed by atoms with van der Waals surface area (Å²) in [5, 5.41) is 12.8. The highest BCUT2D eigenvalue weighted by Gasteiger charge is 2.41. The molecule has 1 saturated carbocycles. The Kier molecular flexibility index (Phi) is 9.56. The van der Waals surface area contributed by atoms with Gasteiger partial charge in [0.05, 0.1) is 18.1 Å². The number of amides is 1. The number of hydrogen-bond donors (Lipinski definition) is 4. The molecule has 0 spiro atoms. The van der Waals surface area contributed by atoms with Crippen molar-refractivity contribution in [2.75, 3.05) is 13.1 Å². The molecule has 27 heavy (non-hydrogen) atoms. The Balaban J connectivity index is 2.88. The van der Waals surface area contributed by atoms with Crippen molar-refractivity contribution in [1.29, 1.82) is 0 Å². The van der Waals surface area contributed by atoms with E-state index >= 15 is 0 Å². The molecule has 3 atom stereocenters. The average Bonchev–Trinajstić information content (AvgIpc) is 2.64. The van der Waals surface area contributed by atoms with Crippen molar-refractivity contribution in [2.45, 2.75) is 77.9 Å². The molecule has 156 valence electrons. The first-order valence-electron chi connectivity index (χ1n) is 10.1. The van der Waals surface area contributed by atoms with E-state index in [4.69, 9.17) is 11.5 Å². The third-order valence-corrected chi connectivity index (χ3v) is 5.80. The normalized spacial score (nSPS) is 20.0. The number of nitrogens with two attached hydrogens (primary N) is 2. The molecule has 7 heteroatoms. The maximum Gasteiger partial charge on any atom is 0.226 e. The van der Waals surface area contributed by atoms with E-state index < -0.39 is 29.4 Å². The second kappa shape index (κ2) is 10.9. The van der Waals surface area contributed by atoms with Crippen molar-refractivity contribution in [2.24, 2.45) is 28.7 Å². The third kappa shape index (κ3) is 6.36. The van der Waals surface area contributed by atoms with Crippen molar-refractivity contribution in [3.8, 4) is 0 Å². The quantitative estimate of drug-likeness (QED) is 0.419. The molecule has 7 nitrogen and oxygen atoms in total. The molecule has 1 aliphatic rings. The molecule has 0 saturated heterocycles. The van der Waals surface area contributed by atoms with E-state index in [1.165, 1.54) is 6.92 Å². The fourth-order valence-electron chi connectivity index (χ4n) is 3.86. The summed E-state index contributed by atoms with van der Waals surface area (Å²) in [4.78, 5) is 38.0. The van der Waals surface area contributed by atoms with Crippen LogP contribution in [0.15, 0.2) is 0 Å². The van der Waals surface area contributed by atoms with Crippen LogP contribution in [0.5, 0.6) is 0 Å². The summed E-state index contributed by atoms with van der Waals surface area (Å²) in [6, 6.07) is -0.697. The highest BCUT2D eigenvalue weighted by atomic mass is 16.3. The predicted molar refractivity (Wildman–Crippen MR) is 105 cm³/mol. The van der Waals surface area contributed by atoms with Gasteiger partial charge in [0.1, 0.15) is 5.78 Å². The zero-order valence-corrected chi connectivity index (χ0v) is 17.0. The topological polar surface area (TPSA) is 136 Å². The number of rotatable bonds is 11. The third-order valence-electron chi connectivity index (χ3n) is 5.80. The van der Waals surface area contributed by atoms with Crippen molar-refractivity contribution in [3.05, 3.63) is 0 Å². The van der Waals surface area contributed by atoms with Crippen LogP contribution in [-0.2, 0) is 14.4 Å². The minimum Gasteiger partial charge on any atom is -0.393 e. The zero-order chi connectivity index (χ0) is 20.6. The van der Waals surface area contributed by atoms with Gasteiger partial charge in [-0.3, -0.25) is 14.4 Å². The van der Waals surface area contributed by atoms with Crippen LogP contribution in [0.3, 0.4) is 0 Å². The van der Waals surface area contributed by atoms with E-state index in [1.807, 2.05) is 0 Å². The van der Waals surface area contributed by atoms with E-state index in [0.717, 1.165) is 32.1 Å². The summed E-state index contributed by atoms with van der Waals surface area (Å²) < 4.78 is 0. The summed E-state index contributed by atoms with van der Waals surface area (Å²) in [7, 11) is 0. The van der Waals surface area contributed by atoms with Gasteiger partial charge in [-0.2, -0.15) is 0 Å². The smallest absolute Gasteiger partial charge is 0.226 e. The van der Waals surface area contributed by atoms with Gasteiger partial charge in [-0.1, -0.05) is 33.1 Å². The first kappa shape index (κ1) is 23.7. The first-order valence-corrected chi connectivity index (χ1v) is 10.1. The summed E-state index contributed by atoms with van der Waals surface area (Å²) >= 11 is 0. The summed E-state index contributed by atoms with van der Waals surface area (Å²) in [5.41, 5.74) is 10.9. The fraction of sp³-hybridized carbons (Fsp3) is 0.850. The van der Waals surface area contributed by atoms with E-state index in [1.54, 1.807) is 13.8 Å². The number of nitrogens with one attached hydrogen (secondary N) is 1. The van der Waals surface area contributed by atoms with Gasteiger partial charge in [0.15, 0.2) is 5.78 Å². The number of carbonyl (C=O) groups excluding carboxylic acids is 3. The minimum atomic E-state index is -1.000. The lowest BCUT2D eigenvalue weighted by Gasteiger charge is -2.36. The molecule has 1 amide bonds. The molecular weight excluding hydrogens is 346 g/mol. The number of hydrogen-bond acceptors (Lipinski definition) is 6. The van der Waals surface area contributed by atoms with Gasteiger partial charge >= 0.3 is 0 Å². The van der Waals surface area contributed by atoms with Crippen LogP contribution >= 0.6 is 0 Å². The molecule has 1 fully saturated rings. The predicted octanol–water partition coefficient (Wildman–Crippen LogP) is 0.911. The SMILES string of the molecule is CC(C)C(=O)[C@H](CCN)NC(=O)[C@@H](CC(=O)C1(CN)CCCCC1)C(C)O. The number of aliphatic hydroxyl groups excluding tert-OH is 1. The molecule has 0 radical (unpaired) electrons. The van der Waals surface area contributed by atoms with Crippen LogP contribution < -0.4 is 16.8 Å². The van der Waals surface area contributed by atoms with Gasteiger partial charge < -0.3 is 21.9 Å². The van der Waals surface area contributed by atoms with Gasteiger partial charge in [0.25, 0.3) is 0 Å². The highest BCUT2D eigenvalue weighted by Crippen LogP contribution is 2.38. The van der Waals surface area contributed by atoms with Gasteiger partial charge in [0, 0.05) is 24.3 Å². The van der Waals surface area contributed by atoms with E-state index in [2.05, 4.69) is 5.32 Å². The summed E-state index contributed by atoms with van der Waals surface area (Å²) in [6.45, 7) is 5.55. The van der Waals surface area contributed by atoms with Crippen LogP contribution in [-0.4, -0.2) is 47.8 Å². The summed E-state index contributed by atoms with van der Waals surface area (Å²) in [5.74, 6) is -1.78. The highest BCUT2D eigenvalue weighted by molar-refractivity contribution is 5.94. The Morgan fingerprint density at radius 1 is 1.07 bits per heavy atom. The van der Waals surface area contributed by atoms with Crippen LogP contribution in [0.4, 0.5) is 0 Å². The largest absolute Gasteiger partial charge is 0.393 e. The maximum atomic E-state index is 13.0. The van der Waals surface area contributed by atoms with Crippen molar-refractivity contribution in [3.63, 3.8) is 0 Å². The lowest BCUT2D eigenvalue weighted by Crippen LogP contribution is -2.49. The van der Waals surface area contributed by atoms with Crippen LogP contribution in [0.25, 0.3) is 0 Å². The molecule has 1 aliphatic carbocycles. The Labute approximate surface area is 162 Å². The molecule has 0 aromatic carbocycles. The fourth-order valence-corrected chi connectivity index (χ4v) is 3.86. The second-order valence-electron chi connectivity index (χ2n) is 8.22. The van der Waals surface area contributed by atoms with E-state index in [9.17, 15) is 19.5 Å². The molecular formula is C20H37N3O4. The standard InChI is InChI=1S/C20H37N3O4/c1-13(2)18(26)16(7-10-21)23-19(27)15(14(3)24)11-17(25)20(12-22)8-5-4-6-9-20/h13-16,24H,4-12,21-22H2,1-3H3,(H,23,27)/t14?,15-,16-/m0/s1. The number of ketones is 2. The Morgan fingerprint density at radius 3 is 2.11 bits per heavy atom. The molecule has 0 aliphatic heterocycles. The van der Waals surface area contributed by atoms with Crippen LogP contribution in [0.1, 0.15) is 65.7 Å². The number of aliphatic hydroxyl groups is 1. The second-order valence-corrected chi connectivity index (χ2v) is 8.22.